The summed E-state index contributed by atoms with van der Waals surface area (Å²) < 4.78 is 80.8. The molecule has 8 heteroatoms. The normalized spacial score (nSPS) is 12.3. The highest BCUT2D eigenvalue weighted by molar-refractivity contribution is 7.91. The lowest BCUT2D eigenvalue weighted by Crippen LogP contribution is -2.20. The number of hydrogen-bond donors (Lipinski definition) is 0. The second-order valence-electron chi connectivity index (χ2n) is 6.31. The highest BCUT2D eigenvalue weighted by atomic mass is 32.2. The van der Waals surface area contributed by atoms with Crippen LogP contribution < -0.4 is 4.74 Å². The van der Waals surface area contributed by atoms with Crippen molar-refractivity contribution in [2.75, 3.05) is 6.61 Å². The van der Waals surface area contributed by atoms with Crippen LogP contribution in [0.4, 0.5) is 17.6 Å². The van der Waals surface area contributed by atoms with Gasteiger partial charge in [0.25, 0.3) is 0 Å². The summed E-state index contributed by atoms with van der Waals surface area (Å²) in [6.45, 7) is -1.59. The smallest absolute Gasteiger partial charge is 0.422 e. The van der Waals surface area contributed by atoms with E-state index in [0.717, 1.165) is 5.56 Å². The van der Waals surface area contributed by atoms with Gasteiger partial charge in [0.1, 0.15) is 16.5 Å². The maximum absolute atomic E-state index is 12.9. The molecule has 0 aliphatic heterocycles. The van der Waals surface area contributed by atoms with E-state index in [-0.39, 0.29) is 21.4 Å². The highest BCUT2D eigenvalue weighted by Gasteiger charge is 2.30. The fourth-order valence-corrected chi connectivity index (χ4v) is 4.00. The SMILES string of the molecule is O=S(=O)(c1ccc(/C=C/c2ccc(F)cc2)cc1)c1ccccc1OCC(F)(F)F. The van der Waals surface area contributed by atoms with Crippen molar-refractivity contribution in [3.63, 3.8) is 0 Å². The molecule has 0 amide bonds. The minimum absolute atomic E-state index is 0.0792. The Kier molecular flexibility index (Phi) is 6.26. The Labute approximate surface area is 171 Å². The van der Waals surface area contributed by atoms with Gasteiger partial charge in [-0.25, -0.2) is 12.8 Å². The molecule has 0 bridgehead atoms. The summed E-state index contributed by atoms with van der Waals surface area (Å²) in [4.78, 5) is -0.423. The Morgan fingerprint density at radius 3 is 1.90 bits per heavy atom. The molecule has 0 aliphatic carbocycles. The van der Waals surface area contributed by atoms with E-state index in [1.165, 1.54) is 48.5 Å². The summed E-state index contributed by atoms with van der Waals surface area (Å²) >= 11 is 0. The number of ether oxygens (including phenoxy) is 1. The van der Waals surface area contributed by atoms with E-state index in [0.29, 0.717) is 5.56 Å². The molecule has 3 nitrogen and oxygen atoms in total. The van der Waals surface area contributed by atoms with Gasteiger partial charge in [0, 0.05) is 0 Å². The van der Waals surface area contributed by atoms with Gasteiger partial charge < -0.3 is 4.74 Å². The first-order valence-corrected chi connectivity index (χ1v) is 10.2. The van der Waals surface area contributed by atoms with Crippen LogP contribution in [0.3, 0.4) is 0 Å². The summed E-state index contributed by atoms with van der Waals surface area (Å²) in [6.07, 6.45) is -1.12. The molecule has 3 aromatic carbocycles. The number of hydrogen-bond acceptors (Lipinski definition) is 3. The van der Waals surface area contributed by atoms with E-state index in [9.17, 15) is 26.0 Å². The van der Waals surface area contributed by atoms with Crippen molar-refractivity contribution in [1.29, 1.82) is 0 Å². The lowest BCUT2D eigenvalue weighted by atomic mass is 10.1. The van der Waals surface area contributed by atoms with Crippen molar-refractivity contribution in [3.05, 3.63) is 89.7 Å². The quantitative estimate of drug-likeness (QED) is 0.364. The number of para-hydroxylation sites is 1. The monoisotopic (exact) mass is 436 g/mol. The molecule has 0 aliphatic rings. The van der Waals surface area contributed by atoms with E-state index in [4.69, 9.17) is 0 Å². The molecular weight excluding hydrogens is 420 g/mol. The zero-order valence-electron chi connectivity index (χ0n) is 15.4. The second kappa shape index (κ2) is 8.71. The van der Waals surface area contributed by atoms with Crippen molar-refractivity contribution in [3.8, 4) is 5.75 Å². The molecule has 0 spiro atoms. The van der Waals surface area contributed by atoms with Gasteiger partial charge in [-0.1, -0.05) is 48.6 Å². The molecule has 0 radical (unpaired) electrons. The zero-order chi connectivity index (χ0) is 21.8. The van der Waals surface area contributed by atoms with Crippen LogP contribution in [-0.2, 0) is 9.84 Å². The van der Waals surface area contributed by atoms with E-state index in [2.05, 4.69) is 4.74 Å². The fraction of sp³-hybridized carbons (Fsp3) is 0.0909. The van der Waals surface area contributed by atoms with Gasteiger partial charge in [-0.3, -0.25) is 0 Å². The summed E-state index contributed by atoms with van der Waals surface area (Å²) in [5.41, 5.74) is 1.46. The van der Waals surface area contributed by atoms with Crippen LogP contribution in [0.25, 0.3) is 12.2 Å². The van der Waals surface area contributed by atoms with Crippen molar-refractivity contribution < 1.29 is 30.7 Å². The largest absolute Gasteiger partial charge is 0.483 e. The fourth-order valence-electron chi connectivity index (χ4n) is 2.60. The summed E-state index contributed by atoms with van der Waals surface area (Å²) in [6, 6.07) is 16.9. The molecule has 0 heterocycles. The van der Waals surface area contributed by atoms with Crippen molar-refractivity contribution >= 4 is 22.0 Å². The van der Waals surface area contributed by atoms with Gasteiger partial charge in [0.2, 0.25) is 9.84 Å². The Morgan fingerprint density at radius 2 is 1.33 bits per heavy atom. The first kappa shape index (κ1) is 21.6. The average molecular weight is 436 g/mol. The third-order valence-electron chi connectivity index (χ3n) is 4.06. The van der Waals surface area contributed by atoms with Gasteiger partial charge in [-0.15, -0.1) is 0 Å². The van der Waals surface area contributed by atoms with E-state index < -0.39 is 22.6 Å². The van der Waals surface area contributed by atoms with Crippen molar-refractivity contribution in [1.82, 2.24) is 0 Å². The van der Waals surface area contributed by atoms with E-state index >= 15 is 0 Å². The third-order valence-corrected chi connectivity index (χ3v) is 5.87. The topological polar surface area (TPSA) is 43.4 Å². The van der Waals surface area contributed by atoms with Crippen LogP contribution in [0, 0.1) is 5.82 Å². The Morgan fingerprint density at radius 1 is 0.800 bits per heavy atom. The van der Waals surface area contributed by atoms with Crippen molar-refractivity contribution in [2.45, 2.75) is 16.0 Å². The molecule has 0 fully saturated rings. The van der Waals surface area contributed by atoms with Crippen LogP contribution in [0.15, 0.2) is 82.6 Å². The molecule has 0 N–H and O–H groups in total. The number of alkyl halides is 3. The Balaban J connectivity index is 1.83. The maximum atomic E-state index is 12.9. The van der Waals surface area contributed by atoms with Crippen molar-refractivity contribution in [2.24, 2.45) is 0 Å². The van der Waals surface area contributed by atoms with Crippen LogP contribution in [0.5, 0.6) is 5.75 Å². The number of rotatable bonds is 6. The number of halogens is 4. The molecule has 0 unspecified atom stereocenters. The molecule has 156 valence electrons. The molecule has 30 heavy (non-hydrogen) atoms. The predicted octanol–water partition coefficient (Wildman–Crippen LogP) is 5.77. The van der Waals surface area contributed by atoms with Gasteiger partial charge in [0.15, 0.2) is 6.61 Å². The van der Waals surface area contributed by atoms with Crippen LogP contribution in [0.1, 0.15) is 11.1 Å². The van der Waals surface area contributed by atoms with E-state index in [1.807, 2.05) is 0 Å². The summed E-state index contributed by atoms with van der Waals surface area (Å²) in [5.74, 6) is -0.712. The van der Waals surface area contributed by atoms with E-state index in [1.54, 1.807) is 36.4 Å². The van der Waals surface area contributed by atoms with Crippen LogP contribution >= 0.6 is 0 Å². The number of sulfone groups is 1. The van der Waals surface area contributed by atoms with Crippen LogP contribution in [0.2, 0.25) is 0 Å². The molecule has 0 atom stereocenters. The number of benzene rings is 3. The van der Waals surface area contributed by atoms with Gasteiger partial charge in [-0.05, 0) is 47.5 Å². The highest BCUT2D eigenvalue weighted by Crippen LogP contribution is 2.30. The first-order valence-electron chi connectivity index (χ1n) is 8.72. The molecule has 3 rings (SSSR count). The molecule has 0 saturated carbocycles. The molecule has 0 saturated heterocycles. The lowest BCUT2D eigenvalue weighted by molar-refractivity contribution is -0.153. The maximum Gasteiger partial charge on any atom is 0.422 e. The molecular formula is C22H16F4O3S. The molecule has 3 aromatic rings. The Hall–Kier alpha value is -3.13. The summed E-state index contributed by atoms with van der Waals surface area (Å²) in [5, 5.41) is 0. The zero-order valence-corrected chi connectivity index (χ0v) is 16.3. The van der Waals surface area contributed by atoms with Gasteiger partial charge in [0.05, 0.1) is 4.90 Å². The summed E-state index contributed by atoms with van der Waals surface area (Å²) in [7, 11) is -4.08. The second-order valence-corrected chi connectivity index (χ2v) is 8.23. The van der Waals surface area contributed by atoms with Gasteiger partial charge >= 0.3 is 6.18 Å². The minimum atomic E-state index is -4.59. The first-order chi connectivity index (χ1) is 14.1. The van der Waals surface area contributed by atoms with Crippen LogP contribution in [-0.4, -0.2) is 21.2 Å². The molecule has 0 aromatic heterocycles. The minimum Gasteiger partial charge on any atom is -0.483 e. The van der Waals surface area contributed by atoms with Gasteiger partial charge in [-0.2, -0.15) is 13.2 Å². The standard InChI is InChI=1S/C22H16F4O3S/c23-18-11-7-16(8-12-18)5-6-17-9-13-19(14-10-17)30(27,28)21-4-2-1-3-20(21)29-15-22(24,25)26/h1-14H,15H2/b6-5+. The predicted molar refractivity (Wildman–Crippen MR) is 105 cm³/mol. The lowest BCUT2D eigenvalue weighted by Gasteiger charge is -2.13. The Bertz CT molecular complexity index is 1130. The average Bonchev–Trinajstić information content (AvgIpc) is 2.72. The third kappa shape index (κ3) is 5.48.